The van der Waals surface area contributed by atoms with Crippen LogP contribution in [0.3, 0.4) is 0 Å². The van der Waals surface area contributed by atoms with E-state index in [9.17, 15) is 13.6 Å². The summed E-state index contributed by atoms with van der Waals surface area (Å²) in [5, 5.41) is 2.80. The lowest BCUT2D eigenvalue weighted by molar-refractivity contribution is -0.113. The molecule has 0 saturated carbocycles. The Hall–Kier alpha value is -3.46. The minimum atomic E-state index is -2.97. The van der Waals surface area contributed by atoms with Crippen LogP contribution in [-0.2, 0) is 4.79 Å². The van der Waals surface area contributed by atoms with E-state index < -0.39 is 6.61 Å². The molecule has 1 aliphatic rings. The Bertz CT molecular complexity index is 1120. The molecule has 1 heterocycles. The van der Waals surface area contributed by atoms with Crippen molar-refractivity contribution in [1.29, 1.82) is 0 Å². The van der Waals surface area contributed by atoms with Gasteiger partial charge in [-0.3, -0.25) is 4.79 Å². The molecule has 0 atom stereocenters. The van der Waals surface area contributed by atoms with E-state index in [-0.39, 0.29) is 17.4 Å². The molecule has 0 bridgehead atoms. The second kappa shape index (κ2) is 10.4. The summed E-state index contributed by atoms with van der Waals surface area (Å²) in [6.45, 7) is -1.96. The fourth-order valence-corrected chi connectivity index (χ4v) is 3.99. The van der Waals surface area contributed by atoms with Crippen molar-refractivity contribution in [3.8, 4) is 34.1 Å². The molecule has 3 aromatic rings. The Kier molecular flexibility index (Phi) is 7.19. The number of halogens is 2. The minimum Gasteiger partial charge on any atom is -0.497 e. The zero-order chi connectivity index (χ0) is 23.2. The van der Waals surface area contributed by atoms with Gasteiger partial charge in [-0.2, -0.15) is 8.78 Å². The number of carbonyl (C=O) groups excluding carboxylic acids is 1. The number of methoxy groups -OCH3 is 1. The van der Waals surface area contributed by atoms with Crippen molar-refractivity contribution in [1.82, 2.24) is 0 Å². The molecule has 172 valence electrons. The number of alkyl halides is 2. The Morgan fingerprint density at radius 2 is 1.79 bits per heavy atom. The number of benzene rings is 3. The average Bonchev–Trinajstić information content (AvgIpc) is 2.83. The normalized spacial score (nSPS) is 12.4. The zero-order valence-electron chi connectivity index (χ0n) is 17.7. The van der Waals surface area contributed by atoms with Crippen LogP contribution in [0.5, 0.6) is 23.0 Å². The van der Waals surface area contributed by atoms with Gasteiger partial charge in [-0.15, -0.1) is 11.8 Å². The lowest BCUT2D eigenvalue weighted by Gasteiger charge is -2.18. The highest BCUT2D eigenvalue weighted by atomic mass is 32.2. The van der Waals surface area contributed by atoms with Gasteiger partial charge < -0.3 is 24.3 Å². The summed E-state index contributed by atoms with van der Waals surface area (Å²) in [5.74, 6) is 1.91. The van der Waals surface area contributed by atoms with Gasteiger partial charge >= 0.3 is 6.61 Å². The van der Waals surface area contributed by atoms with Gasteiger partial charge in [0.2, 0.25) is 5.91 Å². The number of hydrogen-bond acceptors (Lipinski definition) is 6. The van der Waals surface area contributed by atoms with E-state index in [0.717, 1.165) is 4.90 Å². The van der Waals surface area contributed by atoms with E-state index in [1.807, 2.05) is 18.2 Å². The number of hydrogen-bond donors (Lipinski definition) is 1. The van der Waals surface area contributed by atoms with Crippen molar-refractivity contribution in [2.45, 2.75) is 11.5 Å². The Morgan fingerprint density at radius 3 is 2.52 bits per heavy atom. The highest BCUT2D eigenvalue weighted by Gasteiger charge is 2.15. The van der Waals surface area contributed by atoms with Crippen molar-refractivity contribution < 1.29 is 32.5 Å². The maximum Gasteiger partial charge on any atom is 0.387 e. The van der Waals surface area contributed by atoms with E-state index >= 15 is 0 Å². The van der Waals surface area contributed by atoms with E-state index in [0.29, 0.717) is 47.3 Å². The topological polar surface area (TPSA) is 66.0 Å². The van der Waals surface area contributed by atoms with Crippen molar-refractivity contribution >= 4 is 23.4 Å². The summed E-state index contributed by atoms with van der Waals surface area (Å²) >= 11 is 1.35. The van der Waals surface area contributed by atoms with E-state index in [4.69, 9.17) is 14.2 Å². The first-order valence-electron chi connectivity index (χ1n) is 10.1. The lowest BCUT2D eigenvalue weighted by Crippen LogP contribution is -2.15. The molecule has 0 saturated heterocycles. The number of fused-ring (bicyclic) bond motifs is 1. The fourth-order valence-electron chi connectivity index (χ4n) is 3.26. The standard InChI is InChI=1S/C24H21F2NO5S/c1-29-17-5-2-15(3-6-17)19-12-16(4-8-20(19)32-24(25)26)27-23(28)14-33-18-7-9-21-22(13-18)31-11-10-30-21/h2-9,12-13,24H,10-11,14H2,1H3,(H,27,28). The van der Waals surface area contributed by atoms with Gasteiger partial charge in [0.15, 0.2) is 11.5 Å². The molecular formula is C24H21F2NO5S. The molecule has 33 heavy (non-hydrogen) atoms. The number of nitrogens with one attached hydrogen (secondary N) is 1. The molecule has 3 aromatic carbocycles. The number of amides is 1. The monoisotopic (exact) mass is 473 g/mol. The highest BCUT2D eigenvalue weighted by molar-refractivity contribution is 8.00. The molecule has 4 rings (SSSR count). The number of ether oxygens (including phenoxy) is 4. The van der Waals surface area contributed by atoms with Crippen LogP contribution in [0.1, 0.15) is 0 Å². The number of rotatable bonds is 8. The van der Waals surface area contributed by atoms with E-state index in [1.165, 1.54) is 23.9 Å². The molecule has 0 aliphatic carbocycles. The summed E-state index contributed by atoms with van der Waals surface area (Å²) in [4.78, 5) is 13.4. The van der Waals surface area contributed by atoms with Crippen molar-refractivity contribution in [2.24, 2.45) is 0 Å². The second-order valence-corrected chi connectivity index (χ2v) is 8.01. The third-order valence-corrected chi connectivity index (χ3v) is 5.76. The smallest absolute Gasteiger partial charge is 0.387 e. The molecule has 0 spiro atoms. The van der Waals surface area contributed by atoms with E-state index in [1.54, 1.807) is 37.4 Å². The number of anilines is 1. The van der Waals surface area contributed by atoms with Gasteiger partial charge in [0.1, 0.15) is 24.7 Å². The molecule has 0 unspecified atom stereocenters. The summed E-state index contributed by atoms with van der Waals surface area (Å²) in [6, 6.07) is 17.0. The second-order valence-electron chi connectivity index (χ2n) is 6.96. The third-order valence-electron chi connectivity index (χ3n) is 4.76. The summed E-state index contributed by atoms with van der Waals surface area (Å²) in [7, 11) is 1.54. The van der Waals surface area contributed by atoms with Crippen LogP contribution in [0.4, 0.5) is 14.5 Å². The Morgan fingerprint density at radius 1 is 1.03 bits per heavy atom. The molecule has 0 radical (unpaired) electrons. The van der Waals surface area contributed by atoms with Crippen LogP contribution in [0.25, 0.3) is 11.1 Å². The van der Waals surface area contributed by atoms with Crippen LogP contribution in [0.15, 0.2) is 65.6 Å². The molecule has 0 fully saturated rings. The molecule has 0 aromatic heterocycles. The van der Waals surface area contributed by atoms with Gasteiger partial charge in [-0.1, -0.05) is 12.1 Å². The summed E-state index contributed by atoms with van der Waals surface area (Å²) in [6.07, 6.45) is 0. The van der Waals surface area contributed by atoms with Gasteiger partial charge in [0, 0.05) is 16.1 Å². The van der Waals surface area contributed by atoms with Crippen LogP contribution < -0.4 is 24.3 Å². The minimum absolute atomic E-state index is 0.0128. The SMILES string of the molecule is COc1ccc(-c2cc(NC(=O)CSc3ccc4c(c3)OCCO4)ccc2OC(F)F)cc1. The van der Waals surface area contributed by atoms with Crippen LogP contribution in [0.2, 0.25) is 0 Å². The first kappa shape index (κ1) is 22.7. The van der Waals surface area contributed by atoms with Gasteiger partial charge in [-0.25, -0.2) is 0 Å². The molecule has 1 N–H and O–H groups in total. The fraction of sp³-hybridized carbons (Fsp3) is 0.208. The zero-order valence-corrected chi connectivity index (χ0v) is 18.5. The van der Waals surface area contributed by atoms with Crippen molar-refractivity contribution in [3.05, 3.63) is 60.7 Å². The molecule has 1 amide bonds. The number of thioether (sulfide) groups is 1. The number of carbonyl (C=O) groups is 1. The first-order valence-corrected chi connectivity index (χ1v) is 11.1. The highest BCUT2D eigenvalue weighted by Crippen LogP contribution is 2.36. The van der Waals surface area contributed by atoms with Crippen LogP contribution in [-0.4, -0.2) is 38.6 Å². The largest absolute Gasteiger partial charge is 0.497 e. The average molecular weight is 473 g/mol. The van der Waals surface area contributed by atoms with Crippen molar-refractivity contribution in [3.63, 3.8) is 0 Å². The maximum atomic E-state index is 12.9. The van der Waals surface area contributed by atoms with Gasteiger partial charge in [0.05, 0.1) is 12.9 Å². The summed E-state index contributed by atoms with van der Waals surface area (Å²) in [5.41, 5.74) is 1.54. The third kappa shape index (κ3) is 5.87. The predicted octanol–water partition coefficient (Wildman–Crippen LogP) is 5.47. The van der Waals surface area contributed by atoms with Crippen LogP contribution in [0, 0.1) is 0 Å². The molecular weight excluding hydrogens is 452 g/mol. The van der Waals surface area contributed by atoms with Crippen molar-refractivity contribution in [2.75, 3.05) is 31.4 Å². The Balaban J connectivity index is 1.46. The summed E-state index contributed by atoms with van der Waals surface area (Å²) < 4.78 is 46.6. The van der Waals surface area contributed by atoms with Crippen LogP contribution >= 0.6 is 11.8 Å². The quantitative estimate of drug-likeness (QED) is 0.438. The maximum absolute atomic E-state index is 12.9. The molecule has 1 aliphatic heterocycles. The van der Waals surface area contributed by atoms with E-state index in [2.05, 4.69) is 10.1 Å². The molecule has 6 nitrogen and oxygen atoms in total. The predicted molar refractivity (Wildman–Crippen MR) is 122 cm³/mol. The first-order chi connectivity index (χ1) is 16.0. The molecule has 9 heteroatoms. The van der Waals surface area contributed by atoms with Gasteiger partial charge in [-0.05, 0) is 54.1 Å². The lowest BCUT2D eigenvalue weighted by atomic mass is 10.0. The van der Waals surface area contributed by atoms with Gasteiger partial charge in [0.25, 0.3) is 0 Å². The Labute approximate surface area is 193 Å².